The van der Waals surface area contributed by atoms with Crippen LogP contribution in [0.3, 0.4) is 0 Å². The minimum atomic E-state index is -0.203. The fourth-order valence-corrected chi connectivity index (χ4v) is 2.01. The third kappa shape index (κ3) is 6.34. The van der Waals surface area contributed by atoms with Crippen molar-refractivity contribution in [1.29, 1.82) is 5.26 Å². The summed E-state index contributed by atoms with van der Waals surface area (Å²) in [6, 6.07) is 2.32. The summed E-state index contributed by atoms with van der Waals surface area (Å²) in [6.45, 7) is 9.27. The molecule has 0 aromatic rings. The Kier molecular flexibility index (Phi) is 6.62. The molecule has 0 spiro atoms. The van der Waals surface area contributed by atoms with Crippen LogP contribution in [0.25, 0.3) is 0 Å². The number of ether oxygens (including phenoxy) is 2. The molecule has 1 aliphatic heterocycles. The molecule has 2 unspecified atom stereocenters. The van der Waals surface area contributed by atoms with Crippen LogP contribution >= 0.6 is 0 Å². The van der Waals surface area contributed by atoms with E-state index in [9.17, 15) is 0 Å². The molecule has 2 atom stereocenters. The molecule has 0 saturated carbocycles. The molecule has 0 radical (unpaired) electrons. The summed E-state index contributed by atoms with van der Waals surface area (Å²) in [4.78, 5) is 0. The summed E-state index contributed by atoms with van der Waals surface area (Å²) in [5.41, 5.74) is -0.203. The van der Waals surface area contributed by atoms with Crippen molar-refractivity contribution < 1.29 is 9.47 Å². The Morgan fingerprint density at radius 1 is 1.39 bits per heavy atom. The summed E-state index contributed by atoms with van der Waals surface area (Å²) < 4.78 is 11.4. The second kappa shape index (κ2) is 7.73. The summed E-state index contributed by atoms with van der Waals surface area (Å²) in [7, 11) is 0. The van der Waals surface area contributed by atoms with Gasteiger partial charge in [0.15, 0.2) is 0 Å². The molecule has 0 amide bonds. The van der Waals surface area contributed by atoms with Crippen molar-refractivity contribution in [3.8, 4) is 6.07 Å². The van der Waals surface area contributed by atoms with Crippen LogP contribution in [0.2, 0.25) is 0 Å². The second-order valence-electron chi connectivity index (χ2n) is 5.75. The molecular formula is C14H26N2O2. The minimum Gasteiger partial charge on any atom is -0.379 e. The Bertz CT molecular complexity index is 273. The van der Waals surface area contributed by atoms with E-state index in [0.717, 1.165) is 39.0 Å². The number of hydrogen-bond acceptors (Lipinski definition) is 4. The highest BCUT2D eigenvalue weighted by atomic mass is 16.5. The van der Waals surface area contributed by atoms with Crippen LogP contribution in [0.1, 0.15) is 40.0 Å². The number of morpholine rings is 1. The maximum absolute atomic E-state index is 8.89. The first-order valence-corrected chi connectivity index (χ1v) is 6.89. The average Bonchev–Trinajstić information content (AvgIpc) is 2.34. The van der Waals surface area contributed by atoms with Crippen molar-refractivity contribution in [2.45, 2.75) is 52.2 Å². The predicted molar refractivity (Wildman–Crippen MR) is 71.3 cm³/mol. The highest BCUT2D eigenvalue weighted by Crippen LogP contribution is 2.21. The Morgan fingerprint density at radius 3 is 2.83 bits per heavy atom. The topological polar surface area (TPSA) is 54.3 Å². The van der Waals surface area contributed by atoms with Gasteiger partial charge in [0.2, 0.25) is 0 Å². The highest BCUT2D eigenvalue weighted by molar-refractivity contribution is 4.91. The third-order valence-electron chi connectivity index (χ3n) is 3.18. The predicted octanol–water partition coefficient (Wildman–Crippen LogP) is 2.10. The Balaban J connectivity index is 1.97. The van der Waals surface area contributed by atoms with Crippen molar-refractivity contribution in [2.24, 2.45) is 5.41 Å². The van der Waals surface area contributed by atoms with E-state index in [2.05, 4.69) is 18.3 Å². The maximum atomic E-state index is 8.89. The lowest BCUT2D eigenvalue weighted by atomic mass is 9.89. The van der Waals surface area contributed by atoms with Crippen LogP contribution in [-0.2, 0) is 9.47 Å². The monoisotopic (exact) mass is 254 g/mol. The van der Waals surface area contributed by atoms with E-state index in [4.69, 9.17) is 14.7 Å². The second-order valence-corrected chi connectivity index (χ2v) is 5.75. The number of nitrogens with zero attached hydrogens (tertiary/aromatic N) is 1. The van der Waals surface area contributed by atoms with Crippen LogP contribution in [0, 0.1) is 16.7 Å². The normalized spacial score (nSPS) is 24.8. The third-order valence-corrected chi connectivity index (χ3v) is 3.18. The van der Waals surface area contributed by atoms with E-state index < -0.39 is 0 Å². The maximum Gasteiger partial charge on any atom is 0.0936 e. The van der Waals surface area contributed by atoms with Crippen molar-refractivity contribution in [3.05, 3.63) is 0 Å². The number of unbranched alkanes of at least 4 members (excludes halogenated alkanes) is 1. The summed E-state index contributed by atoms with van der Waals surface area (Å²) >= 11 is 0. The SMILES string of the molecule is CC1CNCC(COCCCCC(C)(C)C#N)O1. The largest absolute Gasteiger partial charge is 0.379 e. The molecule has 4 heteroatoms. The van der Waals surface area contributed by atoms with Gasteiger partial charge < -0.3 is 14.8 Å². The van der Waals surface area contributed by atoms with Crippen LogP contribution in [0.15, 0.2) is 0 Å². The lowest BCUT2D eigenvalue weighted by Crippen LogP contribution is -2.45. The Morgan fingerprint density at radius 2 is 2.17 bits per heavy atom. The first-order valence-electron chi connectivity index (χ1n) is 6.89. The zero-order valence-electron chi connectivity index (χ0n) is 11.9. The van der Waals surface area contributed by atoms with Gasteiger partial charge in [-0.15, -0.1) is 0 Å². The Labute approximate surface area is 111 Å². The first kappa shape index (κ1) is 15.4. The molecule has 1 heterocycles. The molecule has 18 heavy (non-hydrogen) atoms. The molecule has 0 aromatic carbocycles. The van der Waals surface area contributed by atoms with E-state index in [0.29, 0.717) is 6.61 Å². The molecule has 1 saturated heterocycles. The number of nitrogens with one attached hydrogen (secondary N) is 1. The summed E-state index contributed by atoms with van der Waals surface area (Å²) in [5, 5.41) is 12.2. The fraction of sp³-hybridized carbons (Fsp3) is 0.929. The number of rotatable bonds is 7. The van der Waals surface area contributed by atoms with Gasteiger partial charge in [0.1, 0.15) is 0 Å². The first-order chi connectivity index (χ1) is 8.53. The van der Waals surface area contributed by atoms with Gasteiger partial charge in [-0.2, -0.15) is 5.26 Å². The molecule has 1 fully saturated rings. The van der Waals surface area contributed by atoms with E-state index in [1.807, 2.05) is 13.8 Å². The molecule has 0 aromatic heterocycles. The number of nitriles is 1. The quantitative estimate of drug-likeness (QED) is 0.707. The summed E-state index contributed by atoms with van der Waals surface area (Å²) in [5.74, 6) is 0. The van der Waals surface area contributed by atoms with Crippen molar-refractivity contribution in [1.82, 2.24) is 5.32 Å². The molecule has 104 valence electrons. The lowest BCUT2D eigenvalue weighted by molar-refractivity contribution is -0.0689. The van der Waals surface area contributed by atoms with Crippen molar-refractivity contribution in [2.75, 3.05) is 26.3 Å². The van der Waals surface area contributed by atoms with Crippen LogP contribution in [-0.4, -0.2) is 38.5 Å². The van der Waals surface area contributed by atoms with Gasteiger partial charge in [-0.1, -0.05) is 0 Å². The van der Waals surface area contributed by atoms with Crippen LogP contribution in [0.5, 0.6) is 0 Å². The van der Waals surface area contributed by atoms with Gasteiger partial charge in [-0.3, -0.25) is 0 Å². The lowest BCUT2D eigenvalue weighted by Gasteiger charge is -2.28. The fourth-order valence-electron chi connectivity index (χ4n) is 2.01. The molecule has 1 rings (SSSR count). The smallest absolute Gasteiger partial charge is 0.0936 e. The van der Waals surface area contributed by atoms with Gasteiger partial charge >= 0.3 is 0 Å². The Hall–Kier alpha value is -0.630. The zero-order chi connectivity index (χ0) is 13.4. The van der Waals surface area contributed by atoms with E-state index in [1.165, 1.54) is 0 Å². The summed E-state index contributed by atoms with van der Waals surface area (Å²) in [6.07, 6.45) is 3.46. The molecule has 0 bridgehead atoms. The van der Waals surface area contributed by atoms with Crippen molar-refractivity contribution in [3.63, 3.8) is 0 Å². The highest BCUT2D eigenvalue weighted by Gasteiger charge is 2.18. The van der Waals surface area contributed by atoms with Gasteiger partial charge in [0.25, 0.3) is 0 Å². The molecule has 0 aliphatic carbocycles. The number of hydrogen-bond donors (Lipinski definition) is 1. The van der Waals surface area contributed by atoms with E-state index >= 15 is 0 Å². The molecule has 1 aliphatic rings. The van der Waals surface area contributed by atoms with Gasteiger partial charge in [0.05, 0.1) is 30.3 Å². The molecule has 1 N–H and O–H groups in total. The minimum absolute atomic E-state index is 0.185. The average molecular weight is 254 g/mol. The van der Waals surface area contributed by atoms with Gasteiger partial charge in [-0.25, -0.2) is 0 Å². The van der Waals surface area contributed by atoms with Crippen LogP contribution in [0.4, 0.5) is 0 Å². The van der Waals surface area contributed by atoms with Gasteiger partial charge in [-0.05, 0) is 40.0 Å². The standard InChI is InChI=1S/C14H26N2O2/c1-12-8-16-9-13(18-12)10-17-7-5-4-6-14(2,3)11-15/h12-13,16H,4-10H2,1-3H3. The molecular weight excluding hydrogens is 228 g/mol. The van der Waals surface area contributed by atoms with E-state index in [1.54, 1.807) is 0 Å². The molecule has 4 nitrogen and oxygen atoms in total. The van der Waals surface area contributed by atoms with E-state index in [-0.39, 0.29) is 17.6 Å². The van der Waals surface area contributed by atoms with Crippen LogP contribution < -0.4 is 5.32 Å². The van der Waals surface area contributed by atoms with Gasteiger partial charge in [0, 0.05) is 19.7 Å². The van der Waals surface area contributed by atoms with Crippen molar-refractivity contribution >= 4 is 0 Å². The zero-order valence-corrected chi connectivity index (χ0v) is 11.9.